The Morgan fingerprint density at radius 2 is 1.73 bits per heavy atom. The van der Waals surface area contributed by atoms with Crippen LogP contribution in [-0.2, 0) is 4.74 Å². The van der Waals surface area contributed by atoms with Gasteiger partial charge in [-0.3, -0.25) is 0 Å². The minimum Gasteiger partial charge on any atom is -0.384 e. The molecule has 2 heteroatoms. The lowest BCUT2D eigenvalue weighted by molar-refractivity contribution is 0.141. The SMILES string of the molecule is CCNC(CC(C)COC)C(CC)CC. The summed E-state index contributed by atoms with van der Waals surface area (Å²) < 4.78 is 5.20. The van der Waals surface area contributed by atoms with Crippen LogP contribution >= 0.6 is 0 Å². The highest BCUT2D eigenvalue weighted by Crippen LogP contribution is 2.19. The van der Waals surface area contributed by atoms with Crippen molar-refractivity contribution in [1.29, 1.82) is 0 Å². The average Bonchev–Trinajstić information content (AvgIpc) is 2.20. The van der Waals surface area contributed by atoms with Crippen molar-refractivity contribution in [3.8, 4) is 0 Å². The van der Waals surface area contributed by atoms with Crippen molar-refractivity contribution < 1.29 is 4.74 Å². The van der Waals surface area contributed by atoms with Crippen LogP contribution in [0, 0.1) is 11.8 Å². The van der Waals surface area contributed by atoms with E-state index in [1.807, 2.05) is 0 Å². The lowest BCUT2D eigenvalue weighted by Gasteiger charge is -2.28. The summed E-state index contributed by atoms with van der Waals surface area (Å²) in [6, 6.07) is 0.662. The molecule has 0 aliphatic heterocycles. The Balaban J connectivity index is 4.11. The van der Waals surface area contributed by atoms with E-state index in [0.717, 1.165) is 19.1 Å². The number of rotatable bonds is 9. The number of nitrogens with one attached hydrogen (secondary N) is 1. The predicted octanol–water partition coefficient (Wildman–Crippen LogP) is 3.07. The van der Waals surface area contributed by atoms with Gasteiger partial charge in [0.1, 0.15) is 0 Å². The minimum absolute atomic E-state index is 0.652. The Morgan fingerprint density at radius 1 is 1.13 bits per heavy atom. The molecule has 0 aromatic carbocycles. The summed E-state index contributed by atoms with van der Waals surface area (Å²) in [5.41, 5.74) is 0. The molecule has 2 unspecified atom stereocenters. The van der Waals surface area contributed by atoms with Gasteiger partial charge >= 0.3 is 0 Å². The van der Waals surface area contributed by atoms with Gasteiger partial charge < -0.3 is 10.1 Å². The third kappa shape index (κ3) is 6.16. The fourth-order valence-corrected chi connectivity index (χ4v) is 2.35. The van der Waals surface area contributed by atoms with Gasteiger partial charge in [-0.2, -0.15) is 0 Å². The van der Waals surface area contributed by atoms with Crippen LogP contribution in [0.4, 0.5) is 0 Å². The molecular formula is C13H29NO. The topological polar surface area (TPSA) is 21.3 Å². The van der Waals surface area contributed by atoms with E-state index >= 15 is 0 Å². The van der Waals surface area contributed by atoms with Crippen LogP contribution in [0.1, 0.15) is 47.0 Å². The average molecular weight is 215 g/mol. The van der Waals surface area contributed by atoms with E-state index in [9.17, 15) is 0 Å². The van der Waals surface area contributed by atoms with E-state index in [1.54, 1.807) is 7.11 Å². The van der Waals surface area contributed by atoms with Crippen LogP contribution in [0.25, 0.3) is 0 Å². The summed E-state index contributed by atoms with van der Waals surface area (Å²) >= 11 is 0. The zero-order valence-corrected chi connectivity index (χ0v) is 11.2. The van der Waals surface area contributed by atoms with Crippen LogP contribution < -0.4 is 5.32 Å². The van der Waals surface area contributed by atoms with Crippen LogP contribution in [-0.4, -0.2) is 26.3 Å². The summed E-state index contributed by atoms with van der Waals surface area (Å²) in [4.78, 5) is 0. The second-order valence-electron chi connectivity index (χ2n) is 4.54. The van der Waals surface area contributed by atoms with Crippen molar-refractivity contribution in [2.24, 2.45) is 11.8 Å². The van der Waals surface area contributed by atoms with Gasteiger partial charge in [-0.25, -0.2) is 0 Å². The second-order valence-corrected chi connectivity index (χ2v) is 4.54. The quantitative estimate of drug-likeness (QED) is 0.638. The molecule has 0 aliphatic carbocycles. The van der Waals surface area contributed by atoms with Gasteiger partial charge in [-0.05, 0) is 24.8 Å². The maximum Gasteiger partial charge on any atom is 0.0488 e. The van der Waals surface area contributed by atoms with Crippen molar-refractivity contribution in [3.05, 3.63) is 0 Å². The van der Waals surface area contributed by atoms with Gasteiger partial charge in [0.25, 0.3) is 0 Å². The highest BCUT2D eigenvalue weighted by atomic mass is 16.5. The van der Waals surface area contributed by atoms with Crippen LogP contribution in [0.5, 0.6) is 0 Å². The van der Waals surface area contributed by atoms with Crippen molar-refractivity contribution in [1.82, 2.24) is 5.32 Å². The smallest absolute Gasteiger partial charge is 0.0488 e. The summed E-state index contributed by atoms with van der Waals surface area (Å²) in [7, 11) is 1.79. The summed E-state index contributed by atoms with van der Waals surface area (Å²) in [5, 5.41) is 3.62. The number of hydrogen-bond donors (Lipinski definition) is 1. The first kappa shape index (κ1) is 14.9. The molecule has 0 saturated carbocycles. The van der Waals surface area contributed by atoms with Gasteiger partial charge in [0.2, 0.25) is 0 Å². The molecule has 2 atom stereocenters. The first-order valence-electron chi connectivity index (χ1n) is 6.41. The molecule has 15 heavy (non-hydrogen) atoms. The van der Waals surface area contributed by atoms with Gasteiger partial charge in [0, 0.05) is 19.8 Å². The molecule has 0 spiro atoms. The van der Waals surface area contributed by atoms with Gasteiger partial charge in [0.05, 0.1) is 0 Å². The normalized spacial score (nSPS) is 15.6. The van der Waals surface area contributed by atoms with E-state index in [4.69, 9.17) is 4.74 Å². The second kappa shape index (κ2) is 9.17. The third-order valence-corrected chi connectivity index (χ3v) is 3.19. The zero-order chi connectivity index (χ0) is 11.7. The standard InChI is InChI=1S/C13H29NO/c1-6-12(7-2)13(14-8-3)9-11(4)10-15-5/h11-14H,6-10H2,1-5H3. The Kier molecular flexibility index (Phi) is 9.12. The fraction of sp³-hybridized carbons (Fsp3) is 1.00. The van der Waals surface area contributed by atoms with E-state index in [2.05, 4.69) is 33.0 Å². The Bertz CT molecular complexity index is 134. The van der Waals surface area contributed by atoms with Crippen LogP contribution in [0.3, 0.4) is 0 Å². The van der Waals surface area contributed by atoms with E-state index in [0.29, 0.717) is 12.0 Å². The first-order chi connectivity index (χ1) is 7.19. The number of methoxy groups -OCH3 is 1. The molecule has 0 bridgehead atoms. The molecule has 1 N–H and O–H groups in total. The molecule has 2 nitrogen and oxygen atoms in total. The minimum atomic E-state index is 0.652. The Hall–Kier alpha value is -0.0800. The molecule has 0 heterocycles. The van der Waals surface area contributed by atoms with Crippen molar-refractivity contribution in [3.63, 3.8) is 0 Å². The maximum atomic E-state index is 5.20. The predicted molar refractivity (Wildman–Crippen MR) is 67.2 cm³/mol. The Morgan fingerprint density at radius 3 is 2.13 bits per heavy atom. The fourth-order valence-electron chi connectivity index (χ4n) is 2.35. The van der Waals surface area contributed by atoms with E-state index in [1.165, 1.54) is 19.3 Å². The molecule has 92 valence electrons. The zero-order valence-electron chi connectivity index (χ0n) is 11.2. The highest BCUT2D eigenvalue weighted by Gasteiger charge is 2.19. The Labute approximate surface area is 95.8 Å². The van der Waals surface area contributed by atoms with Gasteiger partial charge in [-0.15, -0.1) is 0 Å². The highest BCUT2D eigenvalue weighted by molar-refractivity contribution is 4.76. The largest absolute Gasteiger partial charge is 0.384 e. The van der Waals surface area contributed by atoms with Crippen LogP contribution in [0.2, 0.25) is 0 Å². The number of ether oxygens (including phenoxy) is 1. The summed E-state index contributed by atoms with van der Waals surface area (Å²) in [6.45, 7) is 11.0. The third-order valence-electron chi connectivity index (χ3n) is 3.19. The maximum absolute atomic E-state index is 5.20. The summed E-state index contributed by atoms with van der Waals surface area (Å²) in [5.74, 6) is 1.46. The van der Waals surface area contributed by atoms with E-state index in [-0.39, 0.29) is 0 Å². The van der Waals surface area contributed by atoms with Crippen molar-refractivity contribution in [2.75, 3.05) is 20.3 Å². The van der Waals surface area contributed by atoms with E-state index < -0.39 is 0 Å². The van der Waals surface area contributed by atoms with Crippen LogP contribution in [0.15, 0.2) is 0 Å². The molecule has 0 rings (SSSR count). The van der Waals surface area contributed by atoms with Crippen molar-refractivity contribution >= 4 is 0 Å². The molecule has 0 radical (unpaired) electrons. The van der Waals surface area contributed by atoms with Crippen molar-refractivity contribution in [2.45, 2.75) is 53.0 Å². The molecular weight excluding hydrogens is 186 g/mol. The summed E-state index contributed by atoms with van der Waals surface area (Å²) in [6.07, 6.45) is 3.77. The molecule has 0 amide bonds. The molecule has 0 aromatic rings. The lowest BCUT2D eigenvalue weighted by atomic mass is 9.88. The molecule has 0 aliphatic rings. The van der Waals surface area contributed by atoms with Gasteiger partial charge in [0.15, 0.2) is 0 Å². The van der Waals surface area contributed by atoms with Gasteiger partial charge in [-0.1, -0.05) is 40.5 Å². The first-order valence-corrected chi connectivity index (χ1v) is 6.41. The number of hydrogen-bond acceptors (Lipinski definition) is 2. The molecule has 0 saturated heterocycles. The molecule has 0 fully saturated rings. The molecule has 0 aromatic heterocycles. The lowest BCUT2D eigenvalue weighted by Crippen LogP contribution is -2.37. The monoisotopic (exact) mass is 215 g/mol.